The minimum absolute atomic E-state index is 0.104. The van der Waals surface area contributed by atoms with Gasteiger partial charge in [-0.15, -0.1) is 0 Å². The van der Waals surface area contributed by atoms with Crippen LogP contribution in [0.1, 0.15) is 32.6 Å². The van der Waals surface area contributed by atoms with Gasteiger partial charge in [0.1, 0.15) is 11.6 Å². The second-order valence-electron chi connectivity index (χ2n) is 7.08. The molecule has 0 radical (unpaired) electrons. The first kappa shape index (κ1) is 20.0. The van der Waals surface area contributed by atoms with Gasteiger partial charge in [0.25, 0.3) is 5.91 Å². The summed E-state index contributed by atoms with van der Waals surface area (Å²) in [6.45, 7) is 4.61. The molecule has 1 heterocycles. The topological polar surface area (TPSA) is 41.6 Å². The molecule has 1 aliphatic carbocycles. The summed E-state index contributed by atoms with van der Waals surface area (Å²) >= 11 is 5.28. The van der Waals surface area contributed by atoms with E-state index in [4.69, 9.17) is 4.74 Å². The standard InChI is InChI=1S/C19H26BrFN2O2S/c1-14(25-17-5-4-15(21)12-16(17)20)18(24)22-13-19(6-2-3-7-19)23-8-10-26-11-9-23/h4-5,12,14H,2-3,6-11,13H2,1H3,(H,22,24). The molecule has 0 spiro atoms. The highest BCUT2D eigenvalue weighted by Gasteiger charge is 2.40. The summed E-state index contributed by atoms with van der Waals surface area (Å²) in [5.74, 6) is 2.35. The zero-order valence-electron chi connectivity index (χ0n) is 15.1. The Morgan fingerprint density at radius 1 is 1.38 bits per heavy atom. The number of halogens is 2. The molecule has 7 heteroatoms. The molecule has 1 N–H and O–H groups in total. The predicted octanol–water partition coefficient (Wildman–Crippen LogP) is 3.83. The number of benzene rings is 1. The molecular weight excluding hydrogens is 419 g/mol. The van der Waals surface area contributed by atoms with Crippen molar-refractivity contribution in [3.05, 3.63) is 28.5 Å². The molecule has 1 aliphatic heterocycles. The van der Waals surface area contributed by atoms with E-state index in [-0.39, 0.29) is 17.3 Å². The van der Waals surface area contributed by atoms with Crippen molar-refractivity contribution in [2.45, 2.75) is 44.2 Å². The van der Waals surface area contributed by atoms with E-state index in [0.29, 0.717) is 16.8 Å². The summed E-state index contributed by atoms with van der Waals surface area (Å²) in [5, 5.41) is 3.11. The zero-order valence-corrected chi connectivity index (χ0v) is 17.5. The van der Waals surface area contributed by atoms with Crippen molar-refractivity contribution in [3.63, 3.8) is 0 Å². The van der Waals surface area contributed by atoms with Crippen molar-refractivity contribution in [2.24, 2.45) is 0 Å². The van der Waals surface area contributed by atoms with Crippen LogP contribution in [0.4, 0.5) is 4.39 Å². The summed E-state index contributed by atoms with van der Waals surface area (Å²) in [6, 6.07) is 4.20. The molecule has 2 fully saturated rings. The van der Waals surface area contributed by atoms with E-state index in [1.165, 1.54) is 42.5 Å². The fourth-order valence-electron chi connectivity index (χ4n) is 3.89. The van der Waals surface area contributed by atoms with Gasteiger partial charge in [-0.2, -0.15) is 11.8 Å². The lowest BCUT2D eigenvalue weighted by Crippen LogP contribution is -2.57. The number of ether oxygens (including phenoxy) is 1. The van der Waals surface area contributed by atoms with E-state index in [2.05, 4.69) is 26.1 Å². The van der Waals surface area contributed by atoms with Crippen molar-refractivity contribution in [3.8, 4) is 5.75 Å². The van der Waals surface area contributed by atoms with Crippen LogP contribution in [0.2, 0.25) is 0 Å². The molecule has 1 saturated carbocycles. The van der Waals surface area contributed by atoms with Crippen LogP contribution in [0.5, 0.6) is 5.75 Å². The fourth-order valence-corrected chi connectivity index (χ4v) is 5.23. The number of thioether (sulfide) groups is 1. The lowest BCUT2D eigenvalue weighted by Gasteiger charge is -2.43. The normalized spacial score (nSPS) is 21.3. The smallest absolute Gasteiger partial charge is 0.260 e. The zero-order chi connectivity index (χ0) is 18.6. The highest BCUT2D eigenvalue weighted by molar-refractivity contribution is 9.10. The third-order valence-electron chi connectivity index (χ3n) is 5.37. The Labute approximate surface area is 167 Å². The average Bonchev–Trinajstić information content (AvgIpc) is 3.13. The summed E-state index contributed by atoms with van der Waals surface area (Å²) in [4.78, 5) is 15.1. The molecule has 2 aliphatic rings. The second-order valence-corrected chi connectivity index (χ2v) is 9.16. The van der Waals surface area contributed by atoms with Crippen LogP contribution in [-0.2, 0) is 4.79 Å². The minimum atomic E-state index is -0.632. The SMILES string of the molecule is CC(Oc1ccc(F)cc1Br)C(=O)NCC1(N2CCSCC2)CCCC1. The first-order chi connectivity index (χ1) is 12.5. The van der Waals surface area contributed by atoms with Gasteiger partial charge in [-0.3, -0.25) is 9.69 Å². The van der Waals surface area contributed by atoms with Crippen LogP contribution in [0.15, 0.2) is 22.7 Å². The van der Waals surface area contributed by atoms with Crippen LogP contribution in [0, 0.1) is 5.82 Å². The van der Waals surface area contributed by atoms with Crippen molar-refractivity contribution >= 4 is 33.6 Å². The van der Waals surface area contributed by atoms with E-state index < -0.39 is 6.10 Å². The molecule has 144 valence electrons. The Kier molecular flexibility index (Phi) is 6.86. The van der Waals surface area contributed by atoms with Crippen LogP contribution in [0.3, 0.4) is 0 Å². The van der Waals surface area contributed by atoms with Gasteiger partial charge >= 0.3 is 0 Å². The molecule has 1 saturated heterocycles. The summed E-state index contributed by atoms with van der Waals surface area (Å²) in [7, 11) is 0. The Balaban J connectivity index is 1.57. The quantitative estimate of drug-likeness (QED) is 0.723. The van der Waals surface area contributed by atoms with E-state index in [0.717, 1.165) is 25.9 Å². The molecule has 26 heavy (non-hydrogen) atoms. The van der Waals surface area contributed by atoms with Gasteiger partial charge < -0.3 is 10.1 Å². The molecule has 1 unspecified atom stereocenters. The minimum Gasteiger partial charge on any atom is -0.480 e. The average molecular weight is 445 g/mol. The molecular formula is C19H26BrFN2O2S. The highest BCUT2D eigenvalue weighted by Crippen LogP contribution is 2.36. The summed E-state index contributed by atoms with van der Waals surface area (Å²) < 4.78 is 19.4. The van der Waals surface area contributed by atoms with Gasteiger partial charge in [0.05, 0.1) is 4.47 Å². The van der Waals surface area contributed by atoms with Gasteiger partial charge in [-0.1, -0.05) is 12.8 Å². The van der Waals surface area contributed by atoms with Gasteiger partial charge in [-0.05, 0) is 53.9 Å². The Bertz CT molecular complexity index is 634. The largest absolute Gasteiger partial charge is 0.480 e. The summed E-state index contributed by atoms with van der Waals surface area (Å²) in [5.41, 5.74) is 0.104. The number of carbonyl (C=O) groups is 1. The maximum atomic E-state index is 13.2. The maximum Gasteiger partial charge on any atom is 0.260 e. The van der Waals surface area contributed by atoms with E-state index in [1.54, 1.807) is 6.92 Å². The predicted molar refractivity (Wildman–Crippen MR) is 107 cm³/mol. The number of amides is 1. The van der Waals surface area contributed by atoms with Crippen molar-refractivity contribution in [1.82, 2.24) is 10.2 Å². The van der Waals surface area contributed by atoms with Crippen molar-refractivity contribution in [1.29, 1.82) is 0 Å². The van der Waals surface area contributed by atoms with Gasteiger partial charge in [0.2, 0.25) is 0 Å². The maximum absolute atomic E-state index is 13.2. The highest BCUT2D eigenvalue weighted by atomic mass is 79.9. The van der Waals surface area contributed by atoms with Crippen LogP contribution in [-0.4, -0.2) is 53.6 Å². The third-order valence-corrected chi connectivity index (χ3v) is 6.94. The Morgan fingerprint density at radius 2 is 2.08 bits per heavy atom. The van der Waals surface area contributed by atoms with E-state index in [9.17, 15) is 9.18 Å². The van der Waals surface area contributed by atoms with Crippen LogP contribution < -0.4 is 10.1 Å². The first-order valence-electron chi connectivity index (χ1n) is 9.22. The number of nitrogens with one attached hydrogen (secondary N) is 1. The van der Waals surface area contributed by atoms with E-state index >= 15 is 0 Å². The lowest BCUT2D eigenvalue weighted by atomic mass is 9.94. The molecule has 1 aromatic carbocycles. The fraction of sp³-hybridized carbons (Fsp3) is 0.632. The Morgan fingerprint density at radius 3 is 2.73 bits per heavy atom. The molecule has 0 bridgehead atoms. The van der Waals surface area contributed by atoms with Crippen LogP contribution >= 0.6 is 27.7 Å². The van der Waals surface area contributed by atoms with Crippen molar-refractivity contribution in [2.75, 3.05) is 31.1 Å². The van der Waals surface area contributed by atoms with Gasteiger partial charge in [0.15, 0.2) is 6.10 Å². The molecule has 1 atom stereocenters. The number of hydrogen-bond acceptors (Lipinski definition) is 4. The van der Waals surface area contributed by atoms with Crippen LogP contribution in [0.25, 0.3) is 0 Å². The molecule has 3 rings (SSSR count). The number of nitrogens with zero attached hydrogens (tertiary/aromatic N) is 1. The number of hydrogen-bond donors (Lipinski definition) is 1. The van der Waals surface area contributed by atoms with E-state index in [1.807, 2.05) is 11.8 Å². The summed E-state index contributed by atoms with van der Waals surface area (Å²) in [6.07, 6.45) is 4.13. The second kappa shape index (κ2) is 8.93. The molecule has 4 nitrogen and oxygen atoms in total. The lowest BCUT2D eigenvalue weighted by molar-refractivity contribution is -0.128. The molecule has 1 amide bonds. The van der Waals surface area contributed by atoms with Gasteiger partial charge in [-0.25, -0.2) is 4.39 Å². The van der Waals surface area contributed by atoms with Gasteiger partial charge in [0, 0.05) is 36.7 Å². The number of rotatable bonds is 6. The monoisotopic (exact) mass is 444 g/mol. The third kappa shape index (κ3) is 4.73. The first-order valence-corrected chi connectivity index (χ1v) is 11.2. The Hall–Kier alpha value is -0.790. The molecule has 0 aromatic heterocycles. The molecule has 1 aromatic rings. The number of carbonyl (C=O) groups excluding carboxylic acids is 1. The van der Waals surface area contributed by atoms with Crippen molar-refractivity contribution < 1.29 is 13.9 Å².